The maximum atomic E-state index is 12.7. The Bertz CT molecular complexity index is 793. The molecule has 2 aliphatic heterocycles. The van der Waals surface area contributed by atoms with E-state index in [0.29, 0.717) is 36.2 Å². The molecule has 0 radical (unpaired) electrons. The van der Waals surface area contributed by atoms with Crippen molar-refractivity contribution in [2.75, 3.05) is 26.2 Å². The average molecular weight is 428 g/mol. The number of nitrogens with zero attached hydrogens (tertiary/aromatic N) is 2. The van der Waals surface area contributed by atoms with Gasteiger partial charge in [-0.25, -0.2) is 8.42 Å². The largest absolute Gasteiger partial charge is 0.342 e. The molecule has 3 fully saturated rings. The monoisotopic (exact) mass is 427 g/mol. The molecule has 0 bridgehead atoms. The van der Waals surface area contributed by atoms with Gasteiger partial charge in [0.2, 0.25) is 15.9 Å². The number of nitrogens with two attached hydrogens (primary N) is 1. The standard InChI is InChI=1S/C20H29N3O3S.ClH/c21-19-9-6-16-13-22(14-18(16)19)20(24)12-15-4-7-17(8-5-15)27(25,26)23-10-2-1-3-11-23;/h4-5,7-8,16,18-19H,1-3,6,9-14,21H2;1H. The van der Waals surface area contributed by atoms with Crippen molar-refractivity contribution in [1.82, 2.24) is 9.21 Å². The number of carbonyl (C=O) groups is 1. The lowest BCUT2D eigenvalue weighted by Gasteiger charge is -2.26. The summed E-state index contributed by atoms with van der Waals surface area (Å²) in [5.74, 6) is 1.12. The van der Waals surface area contributed by atoms with Crippen LogP contribution in [0, 0.1) is 11.8 Å². The molecule has 1 aromatic carbocycles. The quantitative estimate of drug-likeness (QED) is 0.796. The van der Waals surface area contributed by atoms with Crippen LogP contribution < -0.4 is 5.73 Å². The molecule has 8 heteroatoms. The predicted molar refractivity (Wildman–Crippen MR) is 111 cm³/mol. The number of benzene rings is 1. The van der Waals surface area contributed by atoms with Gasteiger partial charge in [-0.05, 0) is 55.2 Å². The molecule has 1 aliphatic carbocycles. The number of likely N-dealkylation sites (tertiary alicyclic amines) is 1. The molecule has 4 rings (SSSR count). The SMILES string of the molecule is Cl.NC1CCC2CN(C(=O)Cc3ccc(S(=O)(=O)N4CCCCC4)cc3)CC12. The van der Waals surface area contributed by atoms with Crippen molar-refractivity contribution in [1.29, 1.82) is 0 Å². The van der Waals surface area contributed by atoms with Gasteiger partial charge in [-0.2, -0.15) is 4.31 Å². The van der Waals surface area contributed by atoms with Gasteiger partial charge < -0.3 is 10.6 Å². The van der Waals surface area contributed by atoms with Crippen molar-refractivity contribution < 1.29 is 13.2 Å². The number of sulfonamides is 1. The van der Waals surface area contributed by atoms with Crippen LogP contribution in [0.3, 0.4) is 0 Å². The van der Waals surface area contributed by atoms with E-state index >= 15 is 0 Å². The van der Waals surface area contributed by atoms with Crippen molar-refractivity contribution in [3.05, 3.63) is 29.8 Å². The fourth-order valence-electron chi connectivity index (χ4n) is 4.83. The van der Waals surface area contributed by atoms with E-state index in [1.165, 1.54) is 0 Å². The van der Waals surface area contributed by atoms with Crippen LogP contribution in [0.25, 0.3) is 0 Å². The summed E-state index contributed by atoms with van der Waals surface area (Å²) in [6.07, 6.45) is 5.46. The molecule has 156 valence electrons. The first-order chi connectivity index (χ1) is 12.9. The Morgan fingerprint density at radius 1 is 1.04 bits per heavy atom. The highest BCUT2D eigenvalue weighted by Gasteiger charge is 2.42. The van der Waals surface area contributed by atoms with Crippen LogP contribution in [-0.2, 0) is 21.2 Å². The van der Waals surface area contributed by atoms with Crippen LogP contribution in [-0.4, -0.2) is 55.8 Å². The summed E-state index contributed by atoms with van der Waals surface area (Å²) in [4.78, 5) is 14.9. The summed E-state index contributed by atoms with van der Waals surface area (Å²) in [6.45, 7) is 2.79. The van der Waals surface area contributed by atoms with E-state index in [1.54, 1.807) is 28.6 Å². The molecule has 2 saturated heterocycles. The Kier molecular flexibility index (Phi) is 6.69. The minimum atomic E-state index is -3.42. The van der Waals surface area contributed by atoms with Gasteiger partial charge in [-0.3, -0.25) is 4.79 Å². The fourth-order valence-corrected chi connectivity index (χ4v) is 6.35. The number of hydrogen-bond donors (Lipinski definition) is 1. The van der Waals surface area contributed by atoms with Crippen molar-refractivity contribution in [2.24, 2.45) is 17.6 Å². The zero-order valence-corrected chi connectivity index (χ0v) is 17.8. The Balaban J connectivity index is 0.00000225. The minimum Gasteiger partial charge on any atom is -0.342 e. The summed E-state index contributed by atoms with van der Waals surface area (Å²) in [7, 11) is -3.42. The highest BCUT2D eigenvalue weighted by atomic mass is 35.5. The van der Waals surface area contributed by atoms with Gasteiger partial charge in [0.1, 0.15) is 0 Å². The van der Waals surface area contributed by atoms with E-state index in [-0.39, 0.29) is 24.4 Å². The number of hydrogen-bond acceptors (Lipinski definition) is 4. The van der Waals surface area contributed by atoms with Crippen LogP contribution in [0.1, 0.15) is 37.7 Å². The molecule has 2 heterocycles. The van der Waals surface area contributed by atoms with Crippen molar-refractivity contribution in [3.63, 3.8) is 0 Å². The first kappa shape index (κ1) is 21.6. The van der Waals surface area contributed by atoms with E-state index in [0.717, 1.165) is 50.8 Å². The minimum absolute atomic E-state index is 0. The van der Waals surface area contributed by atoms with Crippen LogP contribution >= 0.6 is 12.4 Å². The van der Waals surface area contributed by atoms with E-state index in [2.05, 4.69) is 0 Å². The van der Waals surface area contributed by atoms with Gasteiger partial charge in [-0.1, -0.05) is 18.6 Å². The molecule has 1 aromatic rings. The number of carbonyl (C=O) groups excluding carboxylic acids is 1. The summed E-state index contributed by atoms with van der Waals surface area (Å²) in [5, 5.41) is 0. The number of piperidine rings is 1. The third-order valence-electron chi connectivity index (χ3n) is 6.50. The van der Waals surface area contributed by atoms with E-state index < -0.39 is 10.0 Å². The summed E-state index contributed by atoms with van der Waals surface area (Å²) in [6, 6.07) is 7.06. The summed E-state index contributed by atoms with van der Waals surface area (Å²) < 4.78 is 27.0. The van der Waals surface area contributed by atoms with Crippen molar-refractivity contribution >= 4 is 28.3 Å². The molecule has 28 heavy (non-hydrogen) atoms. The molecule has 0 spiro atoms. The Hall–Kier alpha value is -1.15. The van der Waals surface area contributed by atoms with Crippen LogP contribution in [0.2, 0.25) is 0 Å². The second kappa shape index (κ2) is 8.69. The van der Waals surface area contributed by atoms with Gasteiger partial charge in [-0.15, -0.1) is 12.4 Å². The fraction of sp³-hybridized carbons (Fsp3) is 0.650. The molecule has 3 atom stereocenters. The Labute approximate surface area is 173 Å². The lowest BCUT2D eigenvalue weighted by atomic mass is 9.98. The molecule has 1 amide bonds. The zero-order chi connectivity index (χ0) is 19.0. The zero-order valence-electron chi connectivity index (χ0n) is 16.1. The molecule has 1 saturated carbocycles. The van der Waals surface area contributed by atoms with E-state index in [4.69, 9.17) is 5.73 Å². The van der Waals surface area contributed by atoms with Crippen molar-refractivity contribution in [2.45, 2.75) is 49.5 Å². The van der Waals surface area contributed by atoms with Gasteiger partial charge in [0.05, 0.1) is 11.3 Å². The number of fused-ring (bicyclic) bond motifs is 1. The first-order valence-electron chi connectivity index (χ1n) is 10.1. The van der Waals surface area contributed by atoms with Crippen LogP contribution in [0.15, 0.2) is 29.2 Å². The molecule has 2 N–H and O–H groups in total. The van der Waals surface area contributed by atoms with Gasteiger partial charge >= 0.3 is 0 Å². The normalized spacial score (nSPS) is 28.0. The first-order valence-corrected chi connectivity index (χ1v) is 11.5. The summed E-state index contributed by atoms with van der Waals surface area (Å²) >= 11 is 0. The lowest BCUT2D eigenvalue weighted by Crippen LogP contribution is -2.35. The van der Waals surface area contributed by atoms with Crippen molar-refractivity contribution in [3.8, 4) is 0 Å². The van der Waals surface area contributed by atoms with E-state index in [1.807, 2.05) is 4.90 Å². The summed E-state index contributed by atoms with van der Waals surface area (Å²) in [5.41, 5.74) is 7.02. The lowest BCUT2D eigenvalue weighted by molar-refractivity contribution is -0.129. The second-order valence-corrected chi connectivity index (χ2v) is 10.2. The van der Waals surface area contributed by atoms with Crippen LogP contribution in [0.5, 0.6) is 0 Å². The highest BCUT2D eigenvalue weighted by molar-refractivity contribution is 7.89. The third kappa shape index (κ3) is 4.22. The molecule has 3 unspecified atom stereocenters. The van der Waals surface area contributed by atoms with Crippen LogP contribution in [0.4, 0.5) is 0 Å². The number of amides is 1. The average Bonchev–Trinajstić information content (AvgIpc) is 3.25. The molecule has 6 nitrogen and oxygen atoms in total. The van der Waals surface area contributed by atoms with Gasteiger partial charge in [0, 0.05) is 32.2 Å². The number of rotatable bonds is 4. The second-order valence-electron chi connectivity index (χ2n) is 8.25. The van der Waals surface area contributed by atoms with Gasteiger partial charge in [0.25, 0.3) is 0 Å². The predicted octanol–water partition coefficient (Wildman–Crippen LogP) is 2.02. The molecule has 0 aromatic heterocycles. The topological polar surface area (TPSA) is 83.7 Å². The third-order valence-corrected chi connectivity index (χ3v) is 8.41. The Morgan fingerprint density at radius 2 is 1.71 bits per heavy atom. The van der Waals surface area contributed by atoms with Gasteiger partial charge in [0.15, 0.2) is 0 Å². The maximum absolute atomic E-state index is 12.7. The smallest absolute Gasteiger partial charge is 0.243 e. The number of halogens is 1. The highest BCUT2D eigenvalue weighted by Crippen LogP contribution is 2.37. The Morgan fingerprint density at radius 3 is 2.36 bits per heavy atom. The maximum Gasteiger partial charge on any atom is 0.243 e. The molecule has 3 aliphatic rings. The molecular formula is C20H30ClN3O3S. The molecular weight excluding hydrogens is 398 g/mol. The van der Waals surface area contributed by atoms with E-state index in [9.17, 15) is 13.2 Å².